The molecule has 0 saturated carbocycles. The molecule has 2 aliphatic heterocycles. The lowest BCUT2D eigenvalue weighted by atomic mass is 9.68. The largest absolute Gasteiger partial charge is 0.444 e. The molecule has 2 aliphatic rings. The second-order valence-corrected chi connectivity index (χ2v) is 12.9. The lowest BCUT2D eigenvalue weighted by molar-refractivity contribution is 0.0378. The molecule has 1 spiro atoms. The first-order valence-corrected chi connectivity index (χ1v) is 14.9. The van der Waals surface area contributed by atoms with Crippen LogP contribution in [0.3, 0.4) is 0 Å². The summed E-state index contributed by atoms with van der Waals surface area (Å²) in [5, 5.41) is 13.4. The van der Waals surface area contributed by atoms with Crippen LogP contribution in [0.15, 0.2) is 47.0 Å². The van der Waals surface area contributed by atoms with Crippen molar-refractivity contribution in [3.8, 4) is 6.07 Å². The van der Waals surface area contributed by atoms with Gasteiger partial charge in [0.05, 0.1) is 41.4 Å². The number of hydrogen-bond donors (Lipinski definition) is 2. The number of nitriles is 1. The van der Waals surface area contributed by atoms with Crippen molar-refractivity contribution in [3.05, 3.63) is 47.6 Å². The van der Waals surface area contributed by atoms with Crippen LogP contribution in [-0.4, -0.2) is 68.8 Å². The van der Waals surface area contributed by atoms with Gasteiger partial charge in [0.2, 0.25) is 5.95 Å². The molecule has 2 fully saturated rings. The minimum Gasteiger partial charge on any atom is -0.444 e. The van der Waals surface area contributed by atoms with Crippen molar-refractivity contribution in [2.45, 2.75) is 61.6 Å². The highest BCUT2D eigenvalue weighted by Crippen LogP contribution is 2.43. The first-order valence-electron chi connectivity index (χ1n) is 13.7. The van der Waals surface area contributed by atoms with Gasteiger partial charge in [0.15, 0.2) is 0 Å². The Morgan fingerprint density at radius 2 is 1.79 bits per heavy atom. The van der Waals surface area contributed by atoms with E-state index in [2.05, 4.69) is 46.1 Å². The molecule has 12 nitrogen and oxygen atoms in total. The maximum Gasteiger partial charge on any atom is 0.407 e. The molecule has 1 unspecified atom stereocenters. The Bertz CT molecular complexity index is 1450. The molecular formula is C28H33ClN10O2S. The van der Waals surface area contributed by atoms with Gasteiger partial charge in [-0.05, 0) is 51.5 Å². The molecule has 42 heavy (non-hydrogen) atoms. The summed E-state index contributed by atoms with van der Waals surface area (Å²) >= 11 is 7.66. The highest BCUT2D eigenvalue weighted by molar-refractivity contribution is 7.99. The molecule has 1 atom stereocenters. The maximum atomic E-state index is 12.9. The van der Waals surface area contributed by atoms with E-state index in [0.717, 1.165) is 49.6 Å². The number of amides is 1. The number of nitrogens with one attached hydrogen (secondary N) is 1. The smallest absolute Gasteiger partial charge is 0.407 e. The normalized spacial score (nSPS) is 18.4. The fraction of sp³-hybridized carbons (Fsp3) is 0.464. The number of rotatable bonds is 5. The third-order valence-corrected chi connectivity index (χ3v) is 9.05. The Morgan fingerprint density at radius 1 is 1.10 bits per heavy atom. The van der Waals surface area contributed by atoms with Crippen LogP contribution >= 0.6 is 23.4 Å². The van der Waals surface area contributed by atoms with Crippen LogP contribution in [0.25, 0.3) is 0 Å². The zero-order chi connectivity index (χ0) is 29.9. The van der Waals surface area contributed by atoms with Crippen LogP contribution in [0.5, 0.6) is 0 Å². The molecule has 14 heteroatoms. The van der Waals surface area contributed by atoms with Gasteiger partial charge in [0, 0.05) is 37.3 Å². The van der Waals surface area contributed by atoms with Gasteiger partial charge in [0.1, 0.15) is 28.3 Å². The third-order valence-electron chi connectivity index (χ3n) is 7.56. The second kappa shape index (κ2) is 12.1. The van der Waals surface area contributed by atoms with Crippen LogP contribution in [0.2, 0.25) is 5.02 Å². The summed E-state index contributed by atoms with van der Waals surface area (Å²) < 4.78 is 5.62. The summed E-state index contributed by atoms with van der Waals surface area (Å²) in [6.07, 6.45) is 10.3. The van der Waals surface area contributed by atoms with Crippen LogP contribution < -0.4 is 20.9 Å². The lowest BCUT2D eigenvalue weighted by Gasteiger charge is -2.51. The summed E-state index contributed by atoms with van der Waals surface area (Å²) in [4.78, 5) is 40.0. The van der Waals surface area contributed by atoms with Crippen molar-refractivity contribution < 1.29 is 9.53 Å². The molecule has 5 rings (SSSR count). The van der Waals surface area contributed by atoms with E-state index in [-0.39, 0.29) is 17.3 Å². The Kier molecular flexibility index (Phi) is 8.56. The maximum absolute atomic E-state index is 12.9. The van der Waals surface area contributed by atoms with Gasteiger partial charge in [-0.2, -0.15) is 5.26 Å². The quantitative estimate of drug-likeness (QED) is 0.423. The van der Waals surface area contributed by atoms with Crippen molar-refractivity contribution in [2.75, 3.05) is 41.7 Å². The Balaban J connectivity index is 1.27. The summed E-state index contributed by atoms with van der Waals surface area (Å²) in [7, 11) is 0. The highest BCUT2D eigenvalue weighted by atomic mass is 35.5. The number of nitrogens with two attached hydrogens (primary N) is 1. The number of piperidine rings is 2. The van der Waals surface area contributed by atoms with Crippen molar-refractivity contribution in [1.82, 2.24) is 30.2 Å². The predicted octanol–water partition coefficient (Wildman–Crippen LogP) is 4.31. The first kappa shape index (κ1) is 29.6. The molecule has 0 radical (unpaired) electrons. The van der Waals surface area contributed by atoms with E-state index in [1.165, 1.54) is 24.2 Å². The van der Waals surface area contributed by atoms with Gasteiger partial charge in [-0.15, -0.1) is 0 Å². The number of anilines is 3. The average Bonchev–Trinajstić information content (AvgIpc) is 2.97. The number of nitrogen functional groups attached to an aromatic ring is 1. The zero-order valence-corrected chi connectivity index (χ0v) is 25.3. The van der Waals surface area contributed by atoms with Gasteiger partial charge in [0.25, 0.3) is 0 Å². The predicted molar refractivity (Wildman–Crippen MR) is 160 cm³/mol. The fourth-order valence-electron chi connectivity index (χ4n) is 5.35. The second-order valence-electron chi connectivity index (χ2n) is 11.5. The summed E-state index contributed by atoms with van der Waals surface area (Å²) in [5.74, 6) is 1.62. The van der Waals surface area contributed by atoms with E-state index < -0.39 is 11.7 Å². The number of halogens is 1. The number of pyridine rings is 1. The molecule has 0 aromatic carbocycles. The minimum atomic E-state index is -0.607. The molecule has 3 N–H and O–H groups in total. The fourth-order valence-corrected chi connectivity index (χ4v) is 6.33. The van der Waals surface area contributed by atoms with Crippen LogP contribution in [0.4, 0.5) is 22.4 Å². The van der Waals surface area contributed by atoms with Crippen LogP contribution in [-0.2, 0) is 4.74 Å². The summed E-state index contributed by atoms with van der Waals surface area (Å²) in [5.41, 5.74) is 5.49. The summed E-state index contributed by atoms with van der Waals surface area (Å²) in [6, 6.07) is 3.67. The van der Waals surface area contributed by atoms with Crippen molar-refractivity contribution in [3.63, 3.8) is 0 Å². The SMILES string of the molecule is CC(C)(C)OC(=O)NC1CN(c2ncc(C#N)cn2)CCC12CCN(c1cnc(Sc3ccnc(N)c3Cl)cn1)CC2. The Hall–Kier alpha value is -3.89. The molecule has 3 aromatic heterocycles. The lowest BCUT2D eigenvalue weighted by Crippen LogP contribution is -2.62. The zero-order valence-electron chi connectivity index (χ0n) is 23.7. The molecule has 0 aliphatic carbocycles. The Labute approximate surface area is 254 Å². The molecule has 0 bridgehead atoms. The first-order chi connectivity index (χ1) is 20.0. The van der Waals surface area contributed by atoms with Crippen LogP contribution in [0.1, 0.15) is 45.6 Å². The van der Waals surface area contributed by atoms with E-state index in [1.807, 2.05) is 20.8 Å². The highest BCUT2D eigenvalue weighted by Gasteiger charge is 2.46. The standard InChI is InChI=1S/C28H33ClN10O2S/c1-27(2,3)41-26(40)37-20-17-39(25-35-13-18(12-30)14-36-25)11-7-28(20)5-9-38(10-6-28)21-15-34-22(16-33-21)42-19-4-8-32-24(31)23(19)29/h4,8,13-16,20H,5-7,9-11,17H2,1-3H3,(H2,31,32)(H,37,40). The minimum absolute atomic E-state index is 0.127. The number of alkyl carbamates (subject to hydrolysis) is 1. The number of hydrogen-bond acceptors (Lipinski definition) is 12. The van der Waals surface area contributed by atoms with E-state index in [9.17, 15) is 4.79 Å². The molecule has 2 saturated heterocycles. The van der Waals surface area contributed by atoms with E-state index in [1.54, 1.807) is 24.7 Å². The molecule has 1 amide bonds. The number of carbonyl (C=O) groups is 1. The van der Waals surface area contributed by atoms with E-state index in [0.29, 0.717) is 28.1 Å². The van der Waals surface area contributed by atoms with Crippen molar-refractivity contribution in [2.24, 2.45) is 5.41 Å². The number of nitrogens with zero attached hydrogens (tertiary/aromatic N) is 8. The van der Waals surface area contributed by atoms with Gasteiger partial charge < -0.3 is 25.6 Å². The van der Waals surface area contributed by atoms with E-state index in [4.69, 9.17) is 27.3 Å². The van der Waals surface area contributed by atoms with Gasteiger partial charge >= 0.3 is 6.09 Å². The monoisotopic (exact) mass is 608 g/mol. The molecule has 5 heterocycles. The van der Waals surface area contributed by atoms with Crippen molar-refractivity contribution >= 4 is 47.0 Å². The topological polar surface area (TPSA) is 159 Å². The molecule has 3 aromatic rings. The number of aromatic nitrogens is 5. The van der Waals surface area contributed by atoms with Gasteiger partial charge in [-0.25, -0.2) is 29.7 Å². The average molecular weight is 609 g/mol. The summed E-state index contributed by atoms with van der Waals surface area (Å²) in [6.45, 7) is 8.38. The van der Waals surface area contributed by atoms with Gasteiger partial charge in [-0.3, -0.25) is 0 Å². The van der Waals surface area contributed by atoms with Gasteiger partial charge in [-0.1, -0.05) is 23.4 Å². The number of carbonyl (C=O) groups excluding carboxylic acids is 1. The molecule has 220 valence electrons. The number of ether oxygens (including phenoxy) is 1. The third kappa shape index (κ3) is 6.77. The van der Waals surface area contributed by atoms with Crippen LogP contribution in [0, 0.1) is 16.7 Å². The molecular weight excluding hydrogens is 576 g/mol. The van der Waals surface area contributed by atoms with Crippen molar-refractivity contribution in [1.29, 1.82) is 5.26 Å². The van der Waals surface area contributed by atoms with E-state index >= 15 is 0 Å². The Morgan fingerprint density at radius 3 is 2.40 bits per heavy atom.